The van der Waals surface area contributed by atoms with Crippen LogP contribution in [0.1, 0.15) is 251 Å². The van der Waals surface area contributed by atoms with E-state index in [0.29, 0.717) is 25.9 Å². The van der Waals surface area contributed by atoms with Gasteiger partial charge in [0, 0.05) is 12.8 Å². The van der Waals surface area contributed by atoms with Gasteiger partial charge < -0.3 is 20.3 Å². The normalized spacial score (nSPS) is 12.8. The Morgan fingerprint density at radius 3 is 1.40 bits per heavy atom. The van der Waals surface area contributed by atoms with Crippen LogP contribution in [-0.4, -0.2) is 47.4 Å². The molecular weight excluding hydrogens is 659 g/mol. The number of allylic oxidation sites excluding steroid dienone is 2. The van der Waals surface area contributed by atoms with Crippen LogP contribution in [0.4, 0.5) is 0 Å². The van der Waals surface area contributed by atoms with Crippen molar-refractivity contribution in [1.82, 2.24) is 5.32 Å². The zero-order chi connectivity index (χ0) is 38.7. The molecule has 0 rings (SSSR count). The maximum atomic E-state index is 12.4. The van der Waals surface area contributed by atoms with Crippen molar-refractivity contribution in [3.8, 4) is 0 Å². The van der Waals surface area contributed by atoms with Crippen LogP contribution in [0.15, 0.2) is 12.2 Å². The van der Waals surface area contributed by atoms with Crippen molar-refractivity contribution < 1.29 is 24.5 Å². The van der Waals surface area contributed by atoms with Crippen molar-refractivity contribution in [1.29, 1.82) is 0 Å². The Morgan fingerprint density at radius 2 is 0.906 bits per heavy atom. The predicted octanol–water partition coefficient (Wildman–Crippen LogP) is 13.4. The highest BCUT2D eigenvalue weighted by molar-refractivity contribution is 5.76. The molecular formula is C47H91NO5. The van der Waals surface area contributed by atoms with Crippen LogP contribution in [0.2, 0.25) is 0 Å². The molecule has 0 fully saturated rings. The lowest BCUT2D eigenvalue weighted by Gasteiger charge is -2.22. The van der Waals surface area contributed by atoms with E-state index < -0.39 is 12.1 Å². The molecule has 3 N–H and O–H groups in total. The summed E-state index contributed by atoms with van der Waals surface area (Å²) < 4.78 is 5.42. The molecule has 0 saturated carbocycles. The first kappa shape index (κ1) is 51.6. The quantitative estimate of drug-likeness (QED) is 0.0328. The van der Waals surface area contributed by atoms with E-state index in [2.05, 4.69) is 31.3 Å². The monoisotopic (exact) mass is 750 g/mol. The van der Waals surface area contributed by atoms with E-state index in [1.807, 2.05) is 0 Å². The van der Waals surface area contributed by atoms with Crippen molar-refractivity contribution >= 4 is 11.9 Å². The Morgan fingerprint density at radius 1 is 0.509 bits per heavy atom. The van der Waals surface area contributed by atoms with Gasteiger partial charge in [-0.1, -0.05) is 206 Å². The number of amides is 1. The van der Waals surface area contributed by atoms with Gasteiger partial charge in [0.05, 0.1) is 25.4 Å². The average Bonchev–Trinajstić information content (AvgIpc) is 3.16. The Kier molecular flexibility index (Phi) is 42.2. The number of nitrogens with one attached hydrogen (secondary N) is 1. The number of esters is 1. The standard InChI is InChI=1S/C47H91NO5/c1-3-5-7-9-11-13-15-16-17-18-19-21-23-27-31-35-39-45(50)44(43-49)48-46(51)40-36-32-28-24-22-26-30-34-38-42-53-47(52)41-37-33-29-25-20-14-12-10-8-6-4-2/h10,12,44-45,49-50H,3-9,11,13-43H2,1-2H3,(H,48,51)/b12-10-. The summed E-state index contributed by atoms with van der Waals surface area (Å²) in [5, 5.41) is 23.2. The summed E-state index contributed by atoms with van der Waals surface area (Å²) in [6.45, 7) is 4.85. The summed E-state index contributed by atoms with van der Waals surface area (Å²) in [6.07, 6.45) is 47.3. The van der Waals surface area contributed by atoms with Crippen LogP contribution < -0.4 is 5.32 Å². The fourth-order valence-electron chi connectivity index (χ4n) is 7.15. The summed E-state index contributed by atoms with van der Waals surface area (Å²) >= 11 is 0. The summed E-state index contributed by atoms with van der Waals surface area (Å²) in [7, 11) is 0. The number of aliphatic hydroxyl groups excluding tert-OH is 2. The molecule has 0 aromatic heterocycles. The zero-order valence-electron chi connectivity index (χ0n) is 35.5. The second kappa shape index (κ2) is 43.3. The molecule has 0 spiro atoms. The number of hydrogen-bond acceptors (Lipinski definition) is 5. The molecule has 0 bridgehead atoms. The van der Waals surface area contributed by atoms with E-state index in [9.17, 15) is 19.8 Å². The maximum Gasteiger partial charge on any atom is 0.305 e. The summed E-state index contributed by atoms with van der Waals surface area (Å²) in [4.78, 5) is 24.4. The predicted molar refractivity (Wildman–Crippen MR) is 227 cm³/mol. The van der Waals surface area contributed by atoms with E-state index in [0.717, 1.165) is 57.8 Å². The number of unbranched alkanes of at least 4 members (excludes halogenated alkanes) is 30. The molecule has 6 heteroatoms. The lowest BCUT2D eigenvalue weighted by atomic mass is 10.0. The Bertz CT molecular complexity index is 787. The number of carbonyl (C=O) groups excluding carboxylic acids is 2. The lowest BCUT2D eigenvalue weighted by Crippen LogP contribution is -2.45. The van der Waals surface area contributed by atoms with Gasteiger partial charge >= 0.3 is 5.97 Å². The van der Waals surface area contributed by atoms with Gasteiger partial charge in [0.15, 0.2) is 0 Å². The molecule has 0 aromatic rings. The van der Waals surface area contributed by atoms with Gasteiger partial charge in [0.2, 0.25) is 5.91 Å². The molecule has 2 unspecified atom stereocenters. The van der Waals surface area contributed by atoms with Crippen LogP contribution in [0.3, 0.4) is 0 Å². The number of rotatable bonds is 43. The topological polar surface area (TPSA) is 95.9 Å². The summed E-state index contributed by atoms with van der Waals surface area (Å²) in [5.74, 6) is -0.0985. The minimum atomic E-state index is -0.680. The molecule has 1 amide bonds. The zero-order valence-corrected chi connectivity index (χ0v) is 35.5. The van der Waals surface area contributed by atoms with Gasteiger partial charge in [-0.3, -0.25) is 9.59 Å². The number of ether oxygens (including phenoxy) is 1. The fourth-order valence-corrected chi connectivity index (χ4v) is 7.15. The Hall–Kier alpha value is -1.40. The molecule has 0 aromatic carbocycles. The lowest BCUT2D eigenvalue weighted by molar-refractivity contribution is -0.143. The number of aliphatic hydroxyl groups is 2. The molecule has 0 aliphatic rings. The van der Waals surface area contributed by atoms with E-state index in [-0.39, 0.29) is 18.5 Å². The number of carbonyl (C=O) groups is 2. The minimum absolute atomic E-state index is 0.0359. The van der Waals surface area contributed by atoms with E-state index >= 15 is 0 Å². The van der Waals surface area contributed by atoms with E-state index in [4.69, 9.17) is 4.74 Å². The maximum absolute atomic E-state index is 12.4. The van der Waals surface area contributed by atoms with Crippen LogP contribution in [0.5, 0.6) is 0 Å². The Balaban J connectivity index is 3.51. The third-order valence-electron chi connectivity index (χ3n) is 10.8. The highest BCUT2D eigenvalue weighted by atomic mass is 16.5. The van der Waals surface area contributed by atoms with Crippen molar-refractivity contribution in [2.24, 2.45) is 0 Å². The fraction of sp³-hybridized carbons (Fsp3) is 0.915. The highest BCUT2D eigenvalue weighted by Crippen LogP contribution is 2.16. The van der Waals surface area contributed by atoms with Gasteiger partial charge in [-0.25, -0.2) is 0 Å². The van der Waals surface area contributed by atoms with Gasteiger partial charge in [-0.15, -0.1) is 0 Å². The molecule has 314 valence electrons. The molecule has 0 saturated heterocycles. The smallest absolute Gasteiger partial charge is 0.305 e. The van der Waals surface area contributed by atoms with E-state index in [1.165, 1.54) is 161 Å². The third kappa shape index (κ3) is 40.1. The molecule has 0 radical (unpaired) electrons. The summed E-state index contributed by atoms with van der Waals surface area (Å²) in [5.41, 5.74) is 0. The second-order valence-corrected chi connectivity index (χ2v) is 16.1. The van der Waals surface area contributed by atoms with Crippen LogP contribution in [0.25, 0.3) is 0 Å². The van der Waals surface area contributed by atoms with Crippen LogP contribution in [0, 0.1) is 0 Å². The Labute approximate surface area is 329 Å². The summed E-state index contributed by atoms with van der Waals surface area (Å²) in [6, 6.07) is -0.560. The van der Waals surface area contributed by atoms with E-state index in [1.54, 1.807) is 0 Å². The first-order valence-corrected chi connectivity index (χ1v) is 23.4. The number of hydrogen-bond donors (Lipinski definition) is 3. The molecule has 6 nitrogen and oxygen atoms in total. The molecule has 0 aliphatic heterocycles. The average molecular weight is 750 g/mol. The van der Waals surface area contributed by atoms with Crippen molar-refractivity contribution in [3.05, 3.63) is 12.2 Å². The first-order valence-electron chi connectivity index (χ1n) is 23.4. The largest absolute Gasteiger partial charge is 0.466 e. The van der Waals surface area contributed by atoms with Gasteiger partial charge in [-0.2, -0.15) is 0 Å². The van der Waals surface area contributed by atoms with Gasteiger partial charge in [0.25, 0.3) is 0 Å². The van der Waals surface area contributed by atoms with Crippen molar-refractivity contribution in [2.75, 3.05) is 13.2 Å². The SMILES string of the molecule is CCCC/C=C\CCCCCCCC(=O)OCCCCCCCCCCCC(=O)NC(CO)C(O)CCCCCCCCCCCCCCCCCC. The van der Waals surface area contributed by atoms with Gasteiger partial charge in [0.1, 0.15) is 0 Å². The van der Waals surface area contributed by atoms with Gasteiger partial charge in [-0.05, 0) is 44.9 Å². The molecule has 0 heterocycles. The first-order chi connectivity index (χ1) is 26.0. The van der Waals surface area contributed by atoms with Crippen molar-refractivity contribution in [2.45, 2.75) is 264 Å². The van der Waals surface area contributed by atoms with Crippen LogP contribution in [-0.2, 0) is 14.3 Å². The highest BCUT2D eigenvalue weighted by Gasteiger charge is 2.20. The minimum Gasteiger partial charge on any atom is -0.466 e. The molecule has 2 atom stereocenters. The van der Waals surface area contributed by atoms with Crippen molar-refractivity contribution in [3.63, 3.8) is 0 Å². The third-order valence-corrected chi connectivity index (χ3v) is 10.8. The van der Waals surface area contributed by atoms with Crippen LogP contribution >= 0.6 is 0 Å². The molecule has 0 aliphatic carbocycles. The molecule has 53 heavy (non-hydrogen) atoms. The second-order valence-electron chi connectivity index (χ2n) is 16.1.